The van der Waals surface area contributed by atoms with Gasteiger partial charge in [-0.25, -0.2) is 9.37 Å². The Morgan fingerprint density at radius 1 is 1.23 bits per heavy atom. The van der Waals surface area contributed by atoms with Crippen molar-refractivity contribution in [2.45, 2.75) is 38.0 Å². The first kappa shape index (κ1) is 22.8. The largest absolute Gasteiger partial charge is 0.481 e. The molecule has 0 spiro atoms. The summed E-state index contributed by atoms with van der Waals surface area (Å²) in [4.78, 5) is 20.7. The van der Waals surface area contributed by atoms with Gasteiger partial charge in [-0.05, 0) is 73.2 Å². The molecule has 1 fully saturated rings. The number of carboxylic acid groups (broad SMARTS) is 1. The number of benzene rings is 2. The first-order valence-electron chi connectivity index (χ1n) is 11.6. The van der Waals surface area contributed by atoms with Gasteiger partial charge in [0, 0.05) is 13.2 Å². The van der Waals surface area contributed by atoms with Gasteiger partial charge in [0.25, 0.3) is 0 Å². The Hall–Kier alpha value is -3.96. The van der Waals surface area contributed by atoms with E-state index in [1.54, 1.807) is 24.3 Å². The third-order valence-corrected chi connectivity index (χ3v) is 6.71. The highest BCUT2D eigenvalue weighted by Gasteiger charge is 2.28. The number of H-pyrrole nitrogens is 1. The van der Waals surface area contributed by atoms with Crippen molar-refractivity contribution in [3.8, 4) is 17.5 Å². The number of aromatic nitrogens is 2. The van der Waals surface area contributed by atoms with Crippen LogP contribution in [0, 0.1) is 23.1 Å². The van der Waals surface area contributed by atoms with E-state index >= 15 is 4.39 Å². The minimum atomic E-state index is -0.725. The Morgan fingerprint density at radius 2 is 2.03 bits per heavy atom. The molecule has 1 atom stereocenters. The van der Waals surface area contributed by atoms with Gasteiger partial charge >= 0.3 is 5.97 Å². The summed E-state index contributed by atoms with van der Waals surface area (Å²) in [5, 5.41) is 18.2. The van der Waals surface area contributed by atoms with Gasteiger partial charge in [-0.1, -0.05) is 12.1 Å². The number of hydrogen-bond acceptors (Lipinski definition) is 5. The van der Waals surface area contributed by atoms with E-state index in [4.69, 9.17) is 15.1 Å². The van der Waals surface area contributed by atoms with Gasteiger partial charge in [0.1, 0.15) is 17.9 Å². The van der Waals surface area contributed by atoms with E-state index in [-0.39, 0.29) is 18.2 Å². The van der Waals surface area contributed by atoms with Crippen LogP contribution in [0.1, 0.15) is 36.8 Å². The molecule has 1 saturated carbocycles. The maximum Gasteiger partial charge on any atom is 0.306 e. The molecule has 5 rings (SSSR count). The molecule has 1 aromatic heterocycles. The van der Waals surface area contributed by atoms with Crippen LogP contribution in [0.15, 0.2) is 54.8 Å². The predicted molar refractivity (Wildman–Crippen MR) is 129 cm³/mol. The summed E-state index contributed by atoms with van der Waals surface area (Å²) in [6, 6.07) is 12.2. The maximum atomic E-state index is 15.1. The van der Waals surface area contributed by atoms with Crippen LogP contribution in [0.3, 0.4) is 0 Å². The van der Waals surface area contributed by atoms with Crippen molar-refractivity contribution < 1.29 is 19.0 Å². The summed E-state index contributed by atoms with van der Waals surface area (Å²) in [5.41, 5.74) is 3.82. The monoisotopic (exact) mass is 472 g/mol. The van der Waals surface area contributed by atoms with E-state index in [0.29, 0.717) is 40.8 Å². The highest BCUT2D eigenvalue weighted by Crippen LogP contribution is 2.31. The summed E-state index contributed by atoms with van der Waals surface area (Å²) >= 11 is 0. The van der Waals surface area contributed by atoms with Crippen molar-refractivity contribution in [1.29, 1.82) is 5.26 Å². The van der Waals surface area contributed by atoms with Crippen molar-refractivity contribution in [1.82, 2.24) is 14.9 Å². The Morgan fingerprint density at radius 3 is 2.71 bits per heavy atom. The number of fused-ring (bicyclic) bond motifs is 1. The molecule has 2 heterocycles. The molecular formula is C27H25FN4O3. The number of rotatable bonds is 5. The normalized spacial score (nSPS) is 22.1. The van der Waals surface area contributed by atoms with E-state index in [2.05, 4.69) is 16.0 Å². The zero-order valence-electron chi connectivity index (χ0n) is 19.2. The van der Waals surface area contributed by atoms with Gasteiger partial charge < -0.3 is 19.7 Å². The molecule has 0 amide bonds. The van der Waals surface area contributed by atoms with Gasteiger partial charge in [-0.2, -0.15) is 5.26 Å². The average Bonchev–Trinajstić information content (AvgIpc) is 3.28. The number of allylic oxidation sites excluding steroid dienone is 2. The van der Waals surface area contributed by atoms with Crippen LogP contribution in [0.5, 0.6) is 0 Å². The second-order valence-corrected chi connectivity index (χ2v) is 9.07. The highest BCUT2D eigenvalue weighted by atomic mass is 19.1. The number of ether oxygens (including phenoxy) is 1. The standard InChI is InChI=1S/C27H25FN4O3/c1-32-15-19(6-11-25(32)35-20-7-3-17(4-8-20)27(33)34)18-5-9-21(22(28)13-18)26-30-23-10-2-16(14-29)12-24(23)31-26/h2,5-6,9-13,15,17,20,25H,3-4,7-8H2,1H3,(H,30,31)(H,33,34). The van der Waals surface area contributed by atoms with Crippen LogP contribution in [-0.4, -0.2) is 45.3 Å². The third kappa shape index (κ3) is 4.68. The fourth-order valence-electron chi connectivity index (χ4n) is 4.71. The van der Waals surface area contributed by atoms with Gasteiger partial charge in [-0.15, -0.1) is 0 Å². The molecule has 1 aliphatic heterocycles. The second-order valence-electron chi connectivity index (χ2n) is 9.07. The molecule has 1 aliphatic carbocycles. The smallest absolute Gasteiger partial charge is 0.306 e. The minimum Gasteiger partial charge on any atom is -0.481 e. The number of hydrogen-bond donors (Lipinski definition) is 2. The molecule has 1 unspecified atom stereocenters. The van der Waals surface area contributed by atoms with Crippen molar-refractivity contribution in [3.63, 3.8) is 0 Å². The second kappa shape index (κ2) is 9.35. The molecule has 3 aromatic rings. The average molecular weight is 473 g/mol. The molecule has 7 nitrogen and oxygen atoms in total. The topological polar surface area (TPSA) is 102 Å². The molecule has 8 heteroatoms. The molecule has 0 saturated heterocycles. The van der Waals surface area contributed by atoms with Crippen LogP contribution in [-0.2, 0) is 9.53 Å². The van der Waals surface area contributed by atoms with Crippen molar-refractivity contribution in [2.24, 2.45) is 5.92 Å². The number of nitriles is 1. The Balaban J connectivity index is 1.28. The number of aromatic amines is 1. The molecule has 35 heavy (non-hydrogen) atoms. The molecule has 0 radical (unpaired) electrons. The lowest BCUT2D eigenvalue weighted by Crippen LogP contribution is -2.36. The first-order chi connectivity index (χ1) is 16.9. The Labute approximate surface area is 202 Å². The SMILES string of the molecule is CN1C=C(c2ccc(-c3nc4ccc(C#N)cc4[nH]3)c(F)c2)C=CC1OC1CCC(C(=O)O)CC1. The number of imidazole rings is 1. The van der Waals surface area contributed by atoms with E-state index in [1.807, 2.05) is 36.4 Å². The lowest BCUT2D eigenvalue weighted by atomic mass is 9.87. The van der Waals surface area contributed by atoms with Crippen LogP contribution in [0.2, 0.25) is 0 Å². The van der Waals surface area contributed by atoms with Gasteiger partial charge in [0.05, 0.1) is 40.3 Å². The van der Waals surface area contributed by atoms with E-state index in [0.717, 1.165) is 24.0 Å². The predicted octanol–water partition coefficient (Wildman–Crippen LogP) is 5.07. The van der Waals surface area contributed by atoms with Crippen LogP contribution >= 0.6 is 0 Å². The molecule has 0 bridgehead atoms. The first-order valence-corrected chi connectivity index (χ1v) is 11.6. The fraction of sp³-hybridized carbons (Fsp3) is 0.296. The molecular weight excluding hydrogens is 447 g/mol. The summed E-state index contributed by atoms with van der Waals surface area (Å²) in [5.74, 6) is -0.978. The van der Waals surface area contributed by atoms with Crippen molar-refractivity contribution in [2.75, 3.05) is 7.05 Å². The van der Waals surface area contributed by atoms with Crippen molar-refractivity contribution >= 4 is 22.6 Å². The van der Waals surface area contributed by atoms with E-state index < -0.39 is 11.8 Å². The van der Waals surface area contributed by atoms with Crippen molar-refractivity contribution in [3.05, 3.63) is 71.7 Å². The van der Waals surface area contributed by atoms with Gasteiger partial charge in [0.2, 0.25) is 0 Å². The maximum absolute atomic E-state index is 15.1. The third-order valence-electron chi connectivity index (χ3n) is 6.71. The molecule has 2 N–H and O–H groups in total. The number of aliphatic carboxylic acids is 1. The Kier molecular flexibility index (Phi) is 6.10. The summed E-state index contributed by atoms with van der Waals surface area (Å²) in [6.45, 7) is 0. The number of carboxylic acids is 1. The summed E-state index contributed by atoms with van der Waals surface area (Å²) < 4.78 is 21.3. The lowest BCUT2D eigenvalue weighted by Gasteiger charge is -2.34. The number of halogens is 1. The van der Waals surface area contributed by atoms with Gasteiger partial charge in [-0.3, -0.25) is 4.79 Å². The number of nitrogens with zero attached hydrogens (tertiary/aromatic N) is 3. The fourth-order valence-corrected chi connectivity index (χ4v) is 4.71. The zero-order chi connectivity index (χ0) is 24.5. The number of carbonyl (C=O) groups is 1. The molecule has 2 aromatic carbocycles. The van der Waals surface area contributed by atoms with E-state index in [1.165, 1.54) is 6.07 Å². The van der Waals surface area contributed by atoms with Crippen LogP contribution in [0.25, 0.3) is 28.0 Å². The minimum absolute atomic E-state index is 0.0300. The molecule has 2 aliphatic rings. The lowest BCUT2D eigenvalue weighted by molar-refractivity contribution is -0.144. The highest BCUT2D eigenvalue weighted by molar-refractivity contribution is 5.82. The number of likely N-dealkylation sites (N-methyl/N-ethyl adjacent to an activating group) is 1. The zero-order valence-corrected chi connectivity index (χ0v) is 19.2. The van der Waals surface area contributed by atoms with Gasteiger partial charge in [0.15, 0.2) is 0 Å². The molecule has 178 valence electrons. The quantitative estimate of drug-likeness (QED) is 0.538. The Bertz CT molecular complexity index is 1380. The summed E-state index contributed by atoms with van der Waals surface area (Å²) in [6.07, 6.45) is 8.31. The summed E-state index contributed by atoms with van der Waals surface area (Å²) in [7, 11) is 1.91. The van der Waals surface area contributed by atoms with E-state index in [9.17, 15) is 4.79 Å². The number of nitrogens with one attached hydrogen (secondary N) is 1. The van der Waals surface area contributed by atoms with Crippen LogP contribution < -0.4 is 0 Å². The van der Waals surface area contributed by atoms with Crippen LogP contribution in [0.4, 0.5) is 4.39 Å².